The Hall–Kier alpha value is -0.470. The van der Waals surface area contributed by atoms with Gasteiger partial charge >= 0.3 is 16.1 Å². The highest BCUT2D eigenvalue weighted by Crippen LogP contribution is 2.30. The van der Waals surface area contributed by atoms with Crippen LogP contribution in [0.1, 0.15) is 10.4 Å². The van der Waals surface area contributed by atoms with E-state index in [9.17, 15) is 30.8 Å². The summed E-state index contributed by atoms with van der Waals surface area (Å²) in [6.07, 6.45) is 0. The Balaban J connectivity index is 2.17. The zero-order valence-corrected chi connectivity index (χ0v) is 20.9. The molecule has 0 unspecified atom stereocenters. The molecule has 0 atom stereocenters. The molecular weight excluding hydrogens is 765 g/mol. The van der Waals surface area contributed by atoms with Crippen LogP contribution in [0.3, 0.4) is 0 Å². The third kappa shape index (κ3) is 5.62. The lowest BCUT2D eigenvalue weighted by molar-refractivity contribution is 0.0435. The molecule has 0 amide bonds. The maximum Gasteiger partial charge on any atom is 0.344 e. The van der Waals surface area contributed by atoms with Crippen LogP contribution in [0.15, 0.2) is 17.0 Å². The van der Waals surface area contributed by atoms with Gasteiger partial charge in [-0.05, 0) is 79.9 Å². The molecular formula is C15H7F4I3O6S. The SMILES string of the molecule is O=C(OCCOc1c(I)cc(I)cc1I)c1c(F)c(F)c(S(=O)(=O)O)c(F)c1F. The summed E-state index contributed by atoms with van der Waals surface area (Å²) in [6, 6.07) is 3.63. The van der Waals surface area contributed by atoms with Crippen molar-refractivity contribution in [2.24, 2.45) is 0 Å². The van der Waals surface area contributed by atoms with Crippen LogP contribution in [0, 0.1) is 34.0 Å². The summed E-state index contributed by atoms with van der Waals surface area (Å²) >= 11 is 6.14. The van der Waals surface area contributed by atoms with Gasteiger partial charge in [0.05, 0.1) is 7.14 Å². The Morgan fingerprint density at radius 3 is 1.86 bits per heavy atom. The predicted octanol–water partition coefficient (Wildman–Crippen LogP) is 4.54. The molecule has 0 aliphatic heterocycles. The molecule has 0 saturated heterocycles. The fourth-order valence-electron chi connectivity index (χ4n) is 2.03. The topological polar surface area (TPSA) is 89.9 Å². The summed E-state index contributed by atoms with van der Waals surface area (Å²) in [5.74, 6) is -10.8. The molecule has 14 heteroatoms. The van der Waals surface area contributed by atoms with Crippen LogP contribution < -0.4 is 4.74 Å². The van der Waals surface area contributed by atoms with Gasteiger partial charge < -0.3 is 9.47 Å². The number of hydrogen-bond acceptors (Lipinski definition) is 5. The van der Waals surface area contributed by atoms with Crippen LogP contribution in [-0.2, 0) is 14.9 Å². The van der Waals surface area contributed by atoms with Gasteiger partial charge in [0.15, 0.2) is 28.2 Å². The lowest BCUT2D eigenvalue weighted by Gasteiger charge is -2.12. The van der Waals surface area contributed by atoms with Crippen molar-refractivity contribution >= 4 is 83.9 Å². The smallest absolute Gasteiger partial charge is 0.344 e. The minimum Gasteiger partial charge on any atom is -0.488 e. The van der Waals surface area contributed by atoms with Crippen molar-refractivity contribution in [1.82, 2.24) is 0 Å². The Kier molecular flexibility index (Phi) is 8.36. The highest BCUT2D eigenvalue weighted by molar-refractivity contribution is 14.1. The maximum absolute atomic E-state index is 13.9. The molecule has 0 heterocycles. The summed E-state index contributed by atoms with van der Waals surface area (Å²) in [6.45, 7) is -0.769. The summed E-state index contributed by atoms with van der Waals surface area (Å²) in [7, 11) is -5.62. The lowest BCUT2D eigenvalue weighted by atomic mass is 10.2. The normalized spacial score (nSPS) is 11.4. The van der Waals surface area contributed by atoms with Crippen molar-refractivity contribution < 1.29 is 44.8 Å². The molecule has 0 bridgehead atoms. The van der Waals surface area contributed by atoms with Gasteiger partial charge in [0, 0.05) is 3.57 Å². The predicted molar refractivity (Wildman–Crippen MR) is 116 cm³/mol. The van der Waals surface area contributed by atoms with E-state index in [0.29, 0.717) is 5.75 Å². The monoisotopic (exact) mass is 772 g/mol. The summed E-state index contributed by atoms with van der Waals surface area (Å²) < 4.78 is 98.2. The van der Waals surface area contributed by atoms with Crippen LogP contribution >= 0.6 is 67.8 Å². The third-order valence-corrected chi connectivity index (χ3v) is 6.31. The molecule has 0 fully saturated rings. The summed E-state index contributed by atoms with van der Waals surface area (Å²) in [4.78, 5) is 9.59. The van der Waals surface area contributed by atoms with Crippen molar-refractivity contribution in [3.05, 3.63) is 51.7 Å². The van der Waals surface area contributed by atoms with E-state index in [2.05, 4.69) is 27.3 Å². The van der Waals surface area contributed by atoms with Gasteiger partial charge in [0.25, 0.3) is 0 Å². The minimum absolute atomic E-state index is 0.240. The van der Waals surface area contributed by atoms with E-state index in [0.717, 1.165) is 10.7 Å². The van der Waals surface area contributed by atoms with Crippen molar-refractivity contribution in [3.63, 3.8) is 0 Å². The fraction of sp³-hybridized carbons (Fsp3) is 0.133. The van der Waals surface area contributed by atoms with E-state index in [1.165, 1.54) is 0 Å². The average Bonchev–Trinajstić information content (AvgIpc) is 2.57. The second-order valence-electron chi connectivity index (χ2n) is 5.12. The second-order valence-corrected chi connectivity index (χ2v) is 10.0. The van der Waals surface area contributed by atoms with E-state index in [-0.39, 0.29) is 6.61 Å². The van der Waals surface area contributed by atoms with Gasteiger partial charge in [-0.2, -0.15) is 8.42 Å². The zero-order chi connectivity index (χ0) is 22.1. The first-order valence-electron chi connectivity index (χ1n) is 7.14. The Labute approximate surface area is 202 Å². The molecule has 2 aromatic carbocycles. The van der Waals surface area contributed by atoms with E-state index in [1.807, 2.05) is 57.3 Å². The Morgan fingerprint density at radius 2 is 1.41 bits per heavy atom. The molecule has 0 spiro atoms. The second kappa shape index (κ2) is 9.77. The molecule has 6 nitrogen and oxygen atoms in total. The first-order valence-corrected chi connectivity index (χ1v) is 11.8. The van der Waals surface area contributed by atoms with Gasteiger partial charge in [0.2, 0.25) is 0 Å². The molecule has 0 saturated carbocycles. The quantitative estimate of drug-likeness (QED) is 0.116. The molecule has 0 aliphatic rings. The van der Waals surface area contributed by atoms with E-state index in [1.54, 1.807) is 0 Å². The molecule has 2 rings (SSSR count). The van der Waals surface area contributed by atoms with Gasteiger partial charge in [0.1, 0.15) is 24.5 Å². The number of halogens is 7. The number of carbonyl (C=O) groups is 1. The van der Waals surface area contributed by atoms with Crippen molar-refractivity contribution in [2.45, 2.75) is 4.90 Å². The molecule has 1 N–H and O–H groups in total. The number of benzene rings is 2. The molecule has 0 aliphatic carbocycles. The van der Waals surface area contributed by atoms with Crippen molar-refractivity contribution in [3.8, 4) is 5.75 Å². The minimum atomic E-state index is -5.62. The van der Waals surface area contributed by atoms with E-state index < -0.39 is 56.4 Å². The van der Waals surface area contributed by atoms with Crippen molar-refractivity contribution in [2.75, 3.05) is 13.2 Å². The molecule has 158 valence electrons. The summed E-state index contributed by atoms with van der Waals surface area (Å²) in [5.41, 5.74) is -1.77. The van der Waals surface area contributed by atoms with Crippen molar-refractivity contribution in [1.29, 1.82) is 0 Å². The van der Waals surface area contributed by atoms with Gasteiger partial charge in [-0.1, -0.05) is 0 Å². The van der Waals surface area contributed by atoms with Crippen LogP contribution in [0.4, 0.5) is 17.6 Å². The first-order chi connectivity index (χ1) is 13.4. The zero-order valence-electron chi connectivity index (χ0n) is 13.6. The van der Waals surface area contributed by atoms with Gasteiger partial charge in [-0.3, -0.25) is 4.55 Å². The van der Waals surface area contributed by atoms with E-state index in [4.69, 9.17) is 9.29 Å². The molecule has 29 heavy (non-hydrogen) atoms. The Bertz CT molecular complexity index is 1040. The summed E-state index contributed by atoms with van der Waals surface area (Å²) in [5, 5.41) is 0. The number of rotatable bonds is 6. The van der Waals surface area contributed by atoms with Gasteiger partial charge in [-0.25, -0.2) is 22.4 Å². The molecule has 0 radical (unpaired) electrons. The standard InChI is InChI=1S/C15H7F4I3O6S/c16-9-8(10(17)12(19)14(11(9)18)29(24,25)26)15(23)28-2-1-27-13-6(21)3-5(20)4-7(13)22/h3-4H,1-2H2,(H,24,25,26). The highest BCUT2D eigenvalue weighted by atomic mass is 127. The maximum atomic E-state index is 13.9. The van der Waals surface area contributed by atoms with Crippen LogP contribution in [0.2, 0.25) is 0 Å². The first kappa shape index (κ1) is 24.8. The number of carbonyl (C=O) groups excluding carboxylic acids is 1. The lowest BCUT2D eigenvalue weighted by Crippen LogP contribution is -2.19. The highest BCUT2D eigenvalue weighted by Gasteiger charge is 2.35. The third-order valence-electron chi connectivity index (χ3n) is 3.21. The largest absolute Gasteiger partial charge is 0.488 e. The van der Waals surface area contributed by atoms with Gasteiger partial charge in [-0.15, -0.1) is 0 Å². The number of ether oxygens (including phenoxy) is 2. The average molecular weight is 772 g/mol. The molecule has 2 aromatic rings. The van der Waals surface area contributed by atoms with Crippen LogP contribution in [-0.4, -0.2) is 32.2 Å². The fourth-order valence-corrected chi connectivity index (χ4v) is 6.56. The van der Waals surface area contributed by atoms with Crippen LogP contribution in [0.25, 0.3) is 0 Å². The number of hydrogen-bond donors (Lipinski definition) is 1. The Morgan fingerprint density at radius 1 is 0.931 bits per heavy atom. The van der Waals surface area contributed by atoms with Crippen LogP contribution in [0.5, 0.6) is 5.75 Å². The molecule has 0 aromatic heterocycles. The van der Waals surface area contributed by atoms with E-state index >= 15 is 0 Å². The number of esters is 1.